The largest absolute Gasteiger partial charge is 0.489 e. The first-order valence-corrected chi connectivity index (χ1v) is 15.8. The lowest BCUT2D eigenvalue weighted by Crippen LogP contribution is -2.42. The first-order chi connectivity index (χ1) is 20.6. The zero-order valence-corrected chi connectivity index (χ0v) is 24.7. The number of carboxylic acids is 1. The summed E-state index contributed by atoms with van der Waals surface area (Å²) in [5, 5.41) is 22.1. The maximum absolute atomic E-state index is 13.6. The van der Waals surface area contributed by atoms with E-state index in [2.05, 4.69) is 4.98 Å². The Morgan fingerprint density at radius 3 is 2.63 bits per heavy atom. The first kappa shape index (κ1) is 28.1. The Morgan fingerprint density at radius 1 is 1.14 bits per heavy atom. The van der Waals surface area contributed by atoms with Gasteiger partial charge in [0.05, 0.1) is 28.2 Å². The highest BCUT2D eigenvalue weighted by molar-refractivity contribution is 8.00. The van der Waals surface area contributed by atoms with Crippen molar-refractivity contribution >= 4 is 58.2 Å². The lowest BCUT2D eigenvalue weighted by molar-refractivity contribution is -0.385. The Morgan fingerprint density at radius 2 is 1.91 bits per heavy atom. The minimum atomic E-state index is -1.09. The second kappa shape index (κ2) is 10.5. The minimum absolute atomic E-state index is 0.127. The molecule has 11 nitrogen and oxygen atoms in total. The van der Waals surface area contributed by atoms with Gasteiger partial charge >= 0.3 is 10.8 Å². The van der Waals surface area contributed by atoms with Crippen LogP contribution in [0.3, 0.4) is 0 Å². The second-order valence-electron chi connectivity index (χ2n) is 11.3. The predicted octanol–water partition coefficient (Wildman–Crippen LogP) is 4.53. The number of nitro groups is 1. The third-order valence-corrected chi connectivity index (χ3v) is 12.0. The number of halogens is 1. The number of H-pyrrole nitrogens is 1. The molecule has 0 spiro atoms. The van der Waals surface area contributed by atoms with Crippen molar-refractivity contribution in [3.05, 3.63) is 83.3 Å². The maximum Gasteiger partial charge on any atom is 0.305 e. The molecule has 2 aliphatic carbocycles. The number of ether oxygens (including phenoxy) is 1. The Kier molecular flexibility index (Phi) is 6.86. The number of nitrogens with one attached hydrogen (secondary N) is 1. The molecule has 1 saturated heterocycles. The number of imide groups is 1. The molecule has 2 saturated carbocycles. The molecule has 2 bridgehead atoms. The number of likely N-dealkylation sites (tertiary alicyclic amines) is 1. The molecule has 2 aromatic carbocycles. The van der Waals surface area contributed by atoms with Gasteiger partial charge in [0.1, 0.15) is 12.4 Å². The second-order valence-corrected chi connectivity index (χ2v) is 14.0. The van der Waals surface area contributed by atoms with Gasteiger partial charge in [-0.15, -0.1) is 11.8 Å². The molecular weight excluding hydrogens is 618 g/mol. The number of benzene rings is 2. The van der Waals surface area contributed by atoms with Gasteiger partial charge in [-0.2, -0.15) is 0 Å². The Labute approximate surface area is 257 Å². The van der Waals surface area contributed by atoms with Gasteiger partial charge in [-0.3, -0.25) is 34.2 Å². The highest BCUT2D eigenvalue weighted by Crippen LogP contribution is 2.69. The third-order valence-electron chi connectivity index (χ3n) is 9.19. The summed E-state index contributed by atoms with van der Waals surface area (Å²) < 4.78 is 6.26. The van der Waals surface area contributed by atoms with Crippen LogP contribution >= 0.6 is 34.7 Å². The number of fused-ring (bicyclic) bond motifs is 9. The molecule has 7 rings (SSSR count). The van der Waals surface area contributed by atoms with Gasteiger partial charge in [-0.1, -0.05) is 35.1 Å². The van der Waals surface area contributed by atoms with Gasteiger partial charge in [0.15, 0.2) is 0 Å². The normalized spacial score (nSPS) is 28.5. The van der Waals surface area contributed by atoms with E-state index in [0.717, 1.165) is 26.7 Å². The van der Waals surface area contributed by atoms with Crippen LogP contribution < -0.4 is 9.61 Å². The van der Waals surface area contributed by atoms with E-state index in [1.807, 2.05) is 6.07 Å². The minimum Gasteiger partial charge on any atom is -0.489 e. The lowest BCUT2D eigenvalue weighted by atomic mass is 9.68. The number of hydrogen-bond acceptors (Lipinski definition) is 9. The number of rotatable bonds is 8. The first-order valence-electron chi connectivity index (χ1n) is 13.7. The topological polar surface area (TPSA) is 160 Å². The summed E-state index contributed by atoms with van der Waals surface area (Å²) in [5.74, 6) is -3.58. The lowest BCUT2D eigenvalue weighted by Gasteiger charge is -2.43. The molecule has 1 aromatic heterocycles. The summed E-state index contributed by atoms with van der Waals surface area (Å²) in [7, 11) is 0. The molecule has 43 heavy (non-hydrogen) atoms. The van der Waals surface area contributed by atoms with E-state index < -0.39 is 28.6 Å². The molecule has 6 unspecified atom stereocenters. The summed E-state index contributed by atoms with van der Waals surface area (Å²) in [4.78, 5) is 66.8. The maximum atomic E-state index is 13.6. The number of nitro benzene ring substituents is 1. The van der Waals surface area contributed by atoms with Crippen molar-refractivity contribution in [2.75, 3.05) is 6.54 Å². The number of non-ortho nitro benzene ring substituents is 1. The van der Waals surface area contributed by atoms with Crippen molar-refractivity contribution in [2.45, 2.75) is 35.6 Å². The molecule has 3 fully saturated rings. The quantitative estimate of drug-likeness (QED) is 0.205. The molecule has 7 atom stereocenters. The Bertz CT molecular complexity index is 1760. The van der Waals surface area contributed by atoms with Crippen LogP contribution in [-0.4, -0.2) is 49.5 Å². The van der Waals surface area contributed by atoms with Crippen LogP contribution in [0.5, 0.6) is 5.75 Å². The molecule has 3 aromatic rings. The summed E-state index contributed by atoms with van der Waals surface area (Å²) in [6, 6.07) is 11.6. The van der Waals surface area contributed by atoms with Gasteiger partial charge in [-0.05, 0) is 47.9 Å². The number of hydrogen-bond donors (Lipinski definition) is 2. The van der Waals surface area contributed by atoms with Crippen molar-refractivity contribution in [2.24, 2.45) is 29.6 Å². The average molecular weight is 642 g/mol. The predicted molar refractivity (Wildman–Crippen MR) is 156 cm³/mol. The van der Waals surface area contributed by atoms with E-state index in [9.17, 15) is 29.3 Å². The summed E-state index contributed by atoms with van der Waals surface area (Å²) in [5.41, 5.74) is 1.23. The number of thioether (sulfide) groups is 1. The molecule has 3 heterocycles. The van der Waals surface area contributed by atoms with E-state index in [1.165, 1.54) is 23.9 Å². The highest BCUT2D eigenvalue weighted by Gasteiger charge is 2.69. The monoisotopic (exact) mass is 641 g/mol. The van der Waals surface area contributed by atoms with E-state index in [1.54, 1.807) is 24.3 Å². The van der Waals surface area contributed by atoms with Gasteiger partial charge in [0.2, 0.25) is 11.8 Å². The summed E-state index contributed by atoms with van der Waals surface area (Å²) in [6.45, 7) is -0.0161. The van der Waals surface area contributed by atoms with E-state index in [4.69, 9.17) is 21.4 Å². The number of aromatic amines is 1. The van der Waals surface area contributed by atoms with Crippen LogP contribution in [0, 0.1) is 39.7 Å². The zero-order chi connectivity index (χ0) is 30.2. The number of nitrogens with zero attached hydrogens (tertiary/aromatic N) is 2. The van der Waals surface area contributed by atoms with E-state index in [-0.39, 0.29) is 65.0 Å². The fraction of sp³-hybridized carbons (Fsp3) is 0.379. The summed E-state index contributed by atoms with van der Waals surface area (Å²) >= 11 is 8.70. The number of aliphatic carboxylic acids is 1. The highest BCUT2D eigenvalue weighted by atomic mass is 35.5. The average Bonchev–Trinajstić information content (AvgIpc) is 3.70. The van der Waals surface area contributed by atoms with E-state index in [0.29, 0.717) is 27.8 Å². The molecular formula is C29H24ClN3O8S2. The zero-order valence-electron chi connectivity index (χ0n) is 22.3. The van der Waals surface area contributed by atoms with Gasteiger partial charge in [0.25, 0.3) is 5.69 Å². The van der Waals surface area contributed by atoms with Crippen molar-refractivity contribution in [3.63, 3.8) is 0 Å². The smallest absolute Gasteiger partial charge is 0.305 e. The van der Waals surface area contributed by atoms with Crippen LogP contribution in [0.25, 0.3) is 0 Å². The van der Waals surface area contributed by atoms with Crippen molar-refractivity contribution < 1.29 is 29.2 Å². The van der Waals surface area contributed by atoms with Crippen LogP contribution in [0.1, 0.15) is 34.8 Å². The molecule has 14 heteroatoms. The third kappa shape index (κ3) is 4.56. The van der Waals surface area contributed by atoms with Gasteiger partial charge < -0.3 is 14.8 Å². The number of amides is 2. The molecule has 2 aliphatic heterocycles. The Hall–Kier alpha value is -3.68. The fourth-order valence-corrected chi connectivity index (χ4v) is 10.8. The number of carbonyl (C=O) groups excluding carboxylic acids is 2. The summed E-state index contributed by atoms with van der Waals surface area (Å²) in [6.07, 6.45) is 0.307. The van der Waals surface area contributed by atoms with Crippen molar-refractivity contribution in [1.82, 2.24) is 9.88 Å². The molecule has 2 amide bonds. The van der Waals surface area contributed by atoms with Crippen LogP contribution in [0.4, 0.5) is 5.69 Å². The van der Waals surface area contributed by atoms with Gasteiger partial charge in [-0.25, -0.2) is 0 Å². The SMILES string of the molecule is O=C(O)CCN1C(=O)C2C3CC(C2C1=O)C1C3Sc2[nH]c(=O)sc2[C@@H]1c1cc([N+](=O)[O-])ccc1OCc1cccc(Cl)c1. The number of carboxylic acid groups (broad SMARTS) is 1. The van der Waals surface area contributed by atoms with Crippen molar-refractivity contribution in [1.29, 1.82) is 0 Å². The molecule has 4 aliphatic rings. The van der Waals surface area contributed by atoms with Crippen LogP contribution in [0.15, 0.2) is 52.3 Å². The number of carbonyl (C=O) groups is 3. The molecule has 222 valence electrons. The molecule has 2 N–H and O–H groups in total. The fourth-order valence-electron chi connectivity index (χ4n) is 7.67. The van der Waals surface area contributed by atoms with E-state index >= 15 is 0 Å². The van der Waals surface area contributed by atoms with Crippen molar-refractivity contribution in [3.8, 4) is 5.75 Å². The number of thiazole rings is 1. The van der Waals surface area contributed by atoms with Gasteiger partial charge in [0, 0.05) is 45.3 Å². The van der Waals surface area contributed by atoms with Crippen LogP contribution in [0.2, 0.25) is 5.02 Å². The number of aromatic nitrogens is 1. The van der Waals surface area contributed by atoms with Crippen LogP contribution in [-0.2, 0) is 21.0 Å². The standard InChI is InChI=1S/C29H24ClN3O8S2/c30-13-3-1-2-12(8-13)11-41-18-5-4-14(33(39)40)9-15(18)20-21-16-10-17(24(21)42-26-25(20)43-29(38)31-26)23-22(16)27(36)32(28(23)37)7-6-19(34)35/h1-5,8-9,16-17,20-24H,6-7,10-11H2,(H,31,38)(H,34,35)/t16?,17?,20-,21?,22?,23?,24?/m1/s1. The molecule has 0 radical (unpaired) electrons. The Balaban J connectivity index is 1.31.